The molecule has 0 unspecified atom stereocenters. The molecule has 1 heterocycles. The molecular weight excluding hydrogens is 327 g/mol. The van der Waals surface area contributed by atoms with Crippen LogP contribution in [0.5, 0.6) is 11.5 Å². The summed E-state index contributed by atoms with van der Waals surface area (Å²) in [6.45, 7) is 0.537. The molecule has 2 aromatic carbocycles. The molecular formula is C15H12Cl2N2O3. The van der Waals surface area contributed by atoms with Gasteiger partial charge in [0.05, 0.1) is 10.0 Å². The molecule has 1 aliphatic heterocycles. The standard InChI is InChI=1S/C15H12Cl2N2O3/c16-11-3-1-9(5-12(11)17)7-18-15(20)19-10-2-4-13-14(6-10)22-8-21-13/h1-6H,7-8H2,(H2,18,19,20). The Bertz CT molecular complexity index is 722. The van der Waals surface area contributed by atoms with Crippen molar-refractivity contribution in [1.82, 2.24) is 5.32 Å². The van der Waals surface area contributed by atoms with E-state index >= 15 is 0 Å². The van der Waals surface area contributed by atoms with Gasteiger partial charge in [-0.2, -0.15) is 0 Å². The molecule has 0 aromatic heterocycles. The van der Waals surface area contributed by atoms with Gasteiger partial charge in [-0.3, -0.25) is 0 Å². The number of rotatable bonds is 3. The minimum atomic E-state index is -0.329. The van der Waals surface area contributed by atoms with Crippen LogP contribution in [-0.2, 0) is 6.54 Å². The average Bonchev–Trinajstić information content (AvgIpc) is 2.96. The lowest BCUT2D eigenvalue weighted by atomic mass is 10.2. The van der Waals surface area contributed by atoms with E-state index in [1.165, 1.54) is 0 Å². The van der Waals surface area contributed by atoms with Gasteiger partial charge < -0.3 is 20.1 Å². The lowest BCUT2D eigenvalue weighted by molar-refractivity contribution is 0.174. The van der Waals surface area contributed by atoms with Crippen LogP contribution in [0, 0.1) is 0 Å². The predicted molar refractivity (Wildman–Crippen MR) is 84.9 cm³/mol. The van der Waals surface area contributed by atoms with Crippen LogP contribution in [-0.4, -0.2) is 12.8 Å². The molecule has 0 bridgehead atoms. The van der Waals surface area contributed by atoms with E-state index in [-0.39, 0.29) is 12.8 Å². The zero-order valence-corrected chi connectivity index (χ0v) is 12.9. The highest BCUT2D eigenvalue weighted by Gasteiger charge is 2.14. The molecule has 5 nitrogen and oxygen atoms in total. The van der Waals surface area contributed by atoms with Gasteiger partial charge in [-0.25, -0.2) is 4.79 Å². The van der Waals surface area contributed by atoms with E-state index in [9.17, 15) is 4.79 Å². The number of urea groups is 1. The van der Waals surface area contributed by atoms with Crippen molar-refractivity contribution in [2.24, 2.45) is 0 Å². The van der Waals surface area contributed by atoms with E-state index in [1.807, 2.05) is 0 Å². The number of ether oxygens (including phenoxy) is 2. The van der Waals surface area contributed by atoms with E-state index in [2.05, 4.69) is 10.6 Å². The first-order chi connectivity index (χ1) is 10.6. The van der Waals surface area contributed by atoms with E-state index in [0.29, 0.717) is 33.8 Å². The molecule has 7 heteroatoms. The van der Waals surface area contributed by atoms with Crippen molar-refractivity contribution >= 4 is 34.9 Å². The van der Waals surface area contributed by atoms with E-state index in [1.54, 1.807) is 36.4 Å². The van der Waals surface area contributed by atoms with Crippen LogP contribution >= 0.6 is 23.2 Å². The van der Waals surface area contributed by atoms with Crippen LogP contribution in [0.4, 0.5) is 10.5 Å². The molecule has 2 N–H and O–H groups in total. The fraction of sp³-hybridized carbons (Fsp3) is 0.133. The molecule has 0 atom stereocenters. The molecule has 0 radical (unpaired) electrons. The molecule has 0 fully saturated rings. The van der Waals surface area contributed by atoms with Gasteiger partial charge in [-0.1, -0.05) is 29.3 Å². The summed E-state index contributed by atoms with van der Waals surface area (Å²) >= 11 is 11.8. The molecule has 0 saturated heterocycles. The third-order valence-electron chi connectivity index (χ3n) is 3.07. The highest BCUT2D eigenvalue weighted by atomic mass is 35.5. The third kappa shape index (κ3) is 3.37. The van der Waals surface area contributed by atoms with Crippen LogP contribution in [0.3, 0.4) is 0 Å². The van der Waals surface area contributed by atoms with Crippen molar-refractivity contribution in [2.45, 2.75) is 6.54 Å². The summed E-state index contributed by atoms with van der Waals surface area (Å²) in [7, 11) is 0. The monoisotopic (exact) mass is 338 g/mol. The second-order valence-electron chi connectivity index (χ2n) is 4.62. The maximum absolute atomic E-state index is 11.9. The van der Waals surface area contributed by atoms with Gasteiger partial charge in [0.15, 0.2) is 11.5 Å². The maximum Gasteiger partial charge on any atom is 0.319 e. The Balaban J connectivity index is 1.57. The summed E-state index contributed by atoms with van der Waals surface area (Å²) in [6, 6.07) is 10.1. The fourth-order valence-corrected chi connectivity index (χ4v) is 2.30. The van der Waals surface area contributed by atoms with Crippen LogP contribution in [0.25, 0.3) is 0 Å². The Kier molecular flexibility index (Phi) is 4.27. The highest BCUT2D eigenvalue weighted by Crippen LogP contribution is 2.34. The molecule has 2 aromatic rings. The SMILES string of the molecule is O=C(NCc1ccc(Cl)c(Cl)c1)Nc1ccc2c(c1)OCO2. The number of halogens is 2. The number of amides is 2. The summed E-state index contributed by atoms with van der Waals surface area (Å²) in [6.07, 6.45) is 0. The zero-order valence-electron chi connectivity index (χ0n) is 11.4. The van der Waals surface area contributed by atoms with E-state index in [4.69, 9.17) is 32.7 Å². The number of hydrogen-bond donors (Lipinski definition) is 2. The van der Waals surface area contributed by atoms with Gasteiger partial charge in [-0.05, 0) is 29.8 Å². The summed E-state index contributed by atoms with van der Waals surface area (Å²) < 4.78 is 10.5. The van der Waals surface area contributed by atoms with Crippen molar-refractivity contribution in [3.05, 3.63) is 52.0 Å². The number of carbonyl (C=O) groups is 1. The molecule has 0 aliphatic carbocycles. The van der Waals surface area contributed by atoms with E-state index in [0.717, 1.165) is 5.56 Å². The molecule has 2 amide bonds. The van der Waals surface area contributed by atoms with Crippen molar-refractivity contribution < 1.29 is 14.3 Å². The fourth-order valence-electron chi connectivity index (χ4n) is 1.98. The smallest absolute Gasteiger partial charge is 0.319 e. The Morgan fingerprint density at radius 2 is 1.86 bits per heavy atom. The molecule has 1 aliphatic rings. The minimum absolute atomic E-state index is 0.197. The molecule has 114 valence electrons. The number of nitrogens with one attached hydrogen (secondary N) is 2. The van der Waals surface area contributed by atoms with Gasteiger partial charge in [0.25, 0.3) is 0 Å². The summed E-state index contributed by atoms with van der Waals surface area (Å²) in [4.78, 5) is 11.9. The van der Waals surface area contributed by atoms with Gasteiger partial charge >= 0.3 is 6.03 Å². The van der Waals surface area contributed by atoms with Gasteiger partial charge in [-0.15, -0.1) is 0 Å². The Morgan fingerprint density at radius 1 is 1.05 bits per heavy atom. The number of hydrogen-bond acceptors (Lipinski definition) is 3. The van der Waals surface area contributed by atoms with Crippen LogP contribution in [0.1, 0.15) is 5.56 Å². The topological polar surface area (TPSA) is 59.6 Å². The van der Waals surface area contributed by atoms with Crippen molar-refractivity contribution in [2.75, 3.05) is 12.1 Å². The van der Waals surface area contributed by atoms with Crippen LogP contribution in [0.15, 0.2) is 36.4 Å². The first-order valence-corrected chi connectivity index (χ1v) is 7.26. The third-order valence-corrected chi connectivity index (χ3v) is 3.81. The number of anilines is 1. The molecule has 0 spiro atoms. The normalized spacial score (nSPS) is 12.1. The number of benzene rings is 2. The predicted octanol–water partition coefficient (Wildman–Crippen LogP) is 4.04. The van der Waals surface area contributed by atoms with Crippen molar-refractivity contribution in [3.8, 4) is 11.5 Å². The van der Waals surface area contributed by atoms with Crippen molar-refractivity contribution in [3.63, 3.8) is 0 Å². The quantitative estimate of drug-likeness (QED) is 0.887. The zero-order chi connectivity index (χ0) is 15.5. The number of fused-ring (bicyclic) bond motifs is 1. The second-order valence-corrected chi connectivity index (χ2v) is 5.44. The van der Waals surface area contributed by atoms with Gasteiger partial charge in [0, 0.05) is 18.3 Å². The first-order valence-electron chi connectivity index (χ1n) is 6.50. The maximum atomic E-state index is 11.9. The number of carbonyl (C=O) groups excluding carboxylic acids is 1. The Morgan fingerprint density at radius 3 is 2.68 bits per heavy atom. The summed E-state index contributed by atoms with van der Waals surface area (Å²) in [5.41, 5.74) is 1.48. The van der Waals surface area contributed by atoms with Gasteiger partial charge in [0.1, 0.15) is 0 Å². The van der Waals surface area contributed by atoms with Crippen LogP contribution in [0.2, 0.25) is 10.0 Å². The second kappa shape index (κ2) is 6.34. The van der Waals surface area contributed by atoms with Crippen molar-refractivity contribution in [1.29, 1.82) is 0 Å². The largest absolute Gasteiger partial charge is 0.454 e. The Labute approximate surface area is 137 Å². The average molecular weight is 339 g/mol. The Hall–Kier alpha value is -2.11. The molecule has 0 saturated carbocycles. The highest BCUT2D eigenvalue weighted by molar-refractivity contribution is 6.42. The van der Waals surface area contributed by atoms with Gasteiger partial charge in [0.2, 0.25) is 6.79 Å². The van der Waals surface area contributed by atoms with Crippen LogP contribution < -0.4 is 20.1 Å². The summed E-state index contributed by atoms with van der Waals surface area (Å²) in [5.74, 6) is 1.28. The summed E-state index contributed by atoms with van der Waals surface area (Å²) in [5, 5.41) is 6.40. The first kappa shape index (κ1) is 14.8. The molecule has 3 rings (SSSR count). The van der Waals surface area contributed by atoms with E-state index < -0.39 is 0 Å². The minimum Gasteiger partial charge on any atom is -0.454 e. The lowest BCUT2D eigenvalue weighted by Crippen LogP contribution is -2.28. The lowest BCUT2D eigenvalue weighted by Gasteiger charge is -2.09. The molecule has 22 heavy (non-hydrogen) atoms.